The van der Waals surface area contributed by atoms with Crippen LogP contribution in [-0.2, 0) is 17.9 Å². The smallest absolute Gasteiger partial charge is 0.325 e. The fourth-order valence-electron chi connectivity index (χ4n) is 1.93. The molecule has 2 aromatic heterocycles. The van der Waals surface area contributed by atoms with Gasteiger partial charge in [-0.3, -0.25) is 19.1 Å². The third-order valence-corrected chi connectivity index (χ3v) is 3.01. The van der Waals surface area contributed by atoms with Crippen molar-refractivity contribution in [2.24, 2.45) is 0 Å². The highest BCUT2D eigenvalue weighted by molar-refractivity contribution is 6.07. The summed E-state index contributed by atoms with van der Waals surface area (Å²) in [5.74, 6) is -2.14. The Morgan fingerprint density at radius 1 is 1.30 bits per heavy atom. The predicted octanol–water partition coefficient (Wildman–Crippen LogP) is -0.204. The number of nitrogens with one attached hydrogen (secondary N) is 2. The molecule has 3 N–H and O–H groups in total. The molecular formula is C13H16N6O4. The minimum Gasteiger partial charge on any atom is -0.480 e. The van der Waals surface area contributed by atoms with Crippen molar-refractivity contribution in [3.63, 3.8) is 0 Å². The Morgan fingerprint density at radius 3 is 2.65 bits per heavy atom. The lowest BCUT2D eigenvalue weighted by Gasteiger charge is -2.06. The van der Waals surface area contributed by atoms with Crippen molar-refractivity contribution in [3.05, 3.63) is 29.8 Å². The molecule has 10 nitrogen and oxygen atoms in total. The number of rotatable bonds is 6. The van der Waals surface area contributed by atoms with Gasteiger partial charge in [-0.05, 0) is 13.0 Å². The van der Waals surface area contributed by atoms with Crippen LogP contribution in [0.25, 0.3) is 0 Å². The third-order valence-electron chi connectivity index (χ3n) is 3.01. The van der Waals surface area contributed by atoms with Crippen LogP contribution in [-0.4, -0.2) is 49.5 Å². The second-order valence-electron chi connectivity index (χ2n) is 4.55. The Kier molecular flexibility index (Phi) is 4.74. The Bertz CT molecular complexity index is 747. The first-order chi connectivity index (χ1) is 11.0. The standard InChI is InChI=1S/C13H16N6O4/c1-3-18-6-8(11(17-18)13(23)14-2)16-12(22)9-4-5-15-19(9)7-10(20)21/h4-6H,3,7H2,1-2H3,(H,14,23)(H,16,22)(H,20,21). The molecular weight excluding hydrogens is 304 g/mol. The van der Waals surface area contributed by atoms with Crippen LogP contribution < -0.4 is 10.6 Å². The van der Waals surface area contributed by atoms with Gasteiger partial charge in [0.15, 0.2) is 5.69 Å². The van der Waals surface area contributed by atoms with Gasteiger partial charge in [-0.1, -0.05) is 0 Å². The van der Waals surface area contributed by atoms with E-state index in [2.05, 4.69) is 20.8 Å². The van der Waals surface area contributed by atoms with Gasteiger partial charge in [0.05, 0.1) is 5.69 Å². The monoisotopic (exact) mass is 320 g/mol. The number of hydrogen-bond donors (Lipinski definition) is 3. The van der Waals surface area contributed by atoms with Crippen molar-refractivity contribution in [1.29, 1.82) is 0 Å². The molecule has 0 saturated heterocycles. The molecule has 0 bridgehead atoms. The summed E-state index contributed by atoms with van der Waals surface area (Å²) in [7, 11) is 1.46. The summed E-state index contributed by atoms with van der Waals surface area (Å²) in [6, 6.07) is 1.39. The average molecular weight is 320 g/mol. The molecule has 2 aromatic rings. The van der Waals surface area contributed by atoms with E-state index in [1.807, 2.05) is 6.92 Å². The first-order valence-electron chi connectivity index (χ1n) is 6.80. The number of nitrogens with zero attached hydrogens (tertiary/aromatic N) is 4. The number of anilines is 1. The Labute approximate surface area is 131 Å². The molecule has 23 heavy (non-hydrogen) atoms. The Balaban J connectivity index is 2.27. The normalized spacial score (nSPS) is 10.3. The topological polar surface area (TPSA) is 131 Å². The Morgan fingerprint density at radius 2 is 2.04 bits per heavy atom. The van der Waals surface area contributed by atoms with Crippen LogP contribution in [0.1, 0.15) is 27.9 Å². The van der Waals surface area contributed by atoms with Crippen molar-refractivity contribution >= 4 is 23.5 Å². The molecule has 0 aliphatic heterocycles. The summed E-state index contributed by atoms with van der Waals surface area (Å²) in [6.07, 6.45) is 2.85. The van der Waals surface area contributed by atoms with E-state index in [0.29, 0.717) is 6.54 Å². The van der Waals surface area contributed by atoms with E-state index in [4.69, 9.17) is 5.11 Å². The number of carbonyl (C=O) groups excluding carboxylic acids is 2. The van der Waals surface area contributed by atoms with Gasteiger partial charge in [0.2, 0.25) is 0 Å². The molecule has 2 amide bonds. The first-order valence-corrected chi connectivity index (χ1v) is 6.80. The number of carboxylic acid groups (broad SMARTS) is 1. The number of aromatic nitrogens is 4. The molecule has 0 unspecified atom stereocenters. The zero-order valence-electron chi connectivity index (χ0n) is 12.6. The van der Waals surface area contributed by atoms with E-state index in [1.54, 1.807) is 0 Å². The summed E-state index contributed by atoms with van der Waals surface area (Å²) >= 11 is 0. The number of carbonyl (C=O) groups is 3. The van der Waals surface area contributed by atoms with Gasteiger partial charge >= 0.3 is 5.97 Å². The number of carboxylic acids is 1. The summed E-state index contributed by atoms with van der Waals surface area (Å²) in [5, 5.41) is 21.7. The van der Waals surface area contributed by atoms with Gasteiger partial charge in [0.25, 0.3) is 11.8 Å². The lowest BCUT2D eigenvalue weighted by atomic mass is 10.3. The van der Waals surface area contributed by atoms with Crippen LogP contribution in [0.5, 0.6) is 0 Å². The van der Waals surface area contributed by atoms with Crippen molar-refractivity contribution < 1.29 is 19.5 Å². The fraction of sp³-hybridized carbons (Fsp3) is 0.308. The van der Waals surface area contributed by atoms with Gasteiger partial charge in [-0.2, -0.15) is 10.2 Å². The second kappa shape index (κ2) is 6.73. The zero-order valence-corrected chi connectivity index (χ0v) is 12.6. The van der Waals surface area contributed by atoms with E-state index in [9.17, 15) is 14.4 Å². The van der Waals surface area contributed by atoms with E-state index >= 15 is 0 Å². The summed E-state index contributed by atoms with van der Waals surface area (Å²) in [6.45, 7) is 1.93. The van der Waals surface area contributed by atoms with Gasteiger partial charge in [0.1, 0.15) is 12.2 Å². The molecule has 0 fully saturated rings. The van der Waals surface area contributed by atoms with Crippen LogP contribution in [0, 0.1) is 0 Å². The molecule has 0 radical (unpaired) electrons. The van der Waals surface area contributed by atoms with E-state index in [1.165, 1.54) is 30.2 Å². The second-order valence-corrected chi connectivity index (χ2v) is 4.55. The number of aliphatic carboxylic acids is 1. The van der Waals surface area contributed by atoms with Gasteiger partial charge in [-0.15, -0.1) is 0 Å². The number of amides is 2. The molecule has 0 saturated carbocycles. The largest absolute Gasteiger partial charge is 0.480 e. The van der Waals surface area contributed by atoms with Crippen molar-refractivity contribution in [1.82, 2.24) is 24.9 Å². The molecule has 122 valence electrons. The van der Waals surface area contributed by atoms with Gasteiger partial charge in [0, 0.05) is 26.0 Å². The maximum absolute atomic E-state index is 12.3. The van der Waals surface area contributed by atoms with E-state index in [-0.39, 0.29) is 17.1 Å². The Hall–Kier alpha value is -3.17. The van der Waals surface area contributed by atoms with E-state index < -0.39 is 24.3 Å². The molecule has 0 aromatic carbocycles. The lowest BCUT2D eigenvalue weighted by molar-refractivity contribution is -0.137. The number of hydrogen-bond acceptors (Lipinski definition) is 5. The summed E-state index contributed by atoms with van der Waals surface area (Å²) in [5.41, 5.74) is 0.380. The lowest BCUT2D eigenvalue weighted by Crippen LogP contribution is -2.23. The van der Waals surface area contributed by atoms with E-state index in [0.717, 1.165) is 4.68 Å². The van der Waals surface area contributed by atoms with Crippen LogP contribution in [0.2, 0.25) is 0 Å². The summed E-state index contributed by atoms with van der Waals surface area (Å²) < 4.78 is 2.57. The van der Waals surface area contributed by atoms with Crippen LogP contribution in [0.3, 0.4) is 0 Å². The minimum absolute atomic E-state index is 0.0690. The molecule has 0 atom stereocenters. The molecule has 10 heteroatoms. The highest BCUT2D eigenvalue weighted by atomic mass is 16.4. The number of aryl methyl sites for hydroxylation is 1. The first kappa shape index (κ1) is 16.2. The van der Waals surface area contributed by atoms with Crippen molar-refractivity contribution in [2.75, 3.05) is 12.4 Å². The SMILES string of the molecule is CCn1cc(NC(=O)c2ccnn2CC(=O)O)c(C(=O)NC)n1. The molecule has 0 aliphatic carbocycles. The molecule has 0 spiro atoms. The van der Waals surface area contributed by atoms with Crippen LogP contribution in [0.4, 0.5) is 5.69 Å². The fourth-order valence-corrected chi connectivity index (χ4v) is 1.93. The molecule has 2 heterocycles. The molecule has 0 aliphatic rings. The maximum atomic E-state index is 12.3. The third kappa shape index (κ3) is 3.54. The highest BCUT2D eigenvalue weighted by Gasteiger charge is 2.20. The quantitative estimate of drug-likeness (QED) is 0.675. The zero-order chi connectivity index (χ0) is 17.0. The van der Waals surface area contributed by atoms with Crippen LogP contribution >= 0.6 is 0 Å². The van der Waals surface area contributed by atoms with Crippen molar-refractivity contribution in [3.8, 4) is 0 Å². The summed E-state index contributed by atoms with van der Waals surface area (Å²) in [4.78, 5) is 34.9. The average Bonchev–Trinajstić information content (AvgIpc) is 3.12. The molecule has 2 rings (SSSR count). The van der Waals surface area contributed by atoms with Gasteiger partial charge < -0.3 is 15.7 Å². The van der Waals surface area contributed by atoms with Gasteiger partial charge in [-0.25, -0.2) is 4.68 Å². The van der Waals surface area contributed by atoms with Crippen LogP contribution in [0.15, 0.2) is 18.5 Å². The highest BCUT2D eigenvalue weighted by Crippen LogP contribution is 2.15. The predicted molar refractivity (Wildman–Crippen MR) is 79.1 cm³/mol. The van der Waals surface area contributed by atoms with Crippen molar-refractivity contribution in [2.45, 2.75) is 20.0 Å². The minimum atomic E-state index is -1.12. The maximum Gasteiger partial charge on any atom is 0.325 e.